The van der Waals surface area contributed by atoms with Crippen molar-refractivity contribution < 1.29 is 9.90 Å². The molecule has 3 nitrogen and oxygen atoms in total. The molecule has 1 aromatic rings. The van der Waals surface area contributed by atoms with Gasteiger partial charge in [-0.3, -0.25) is 4.79 Å². The summed E-state index contributed by atoms with van der Waals surface area (Å²) in [7, 11) is 0. The Kier molecular flexibility index (Phi) is 3.36. The maximum atomic E-state index is 12.3. The minimum atomic E-state index is -0.0437. The average Bonchev–Trinajstić information content (AvgIpc) is 2.32. The predicted molar refractivity (Wildman–Crippen MR) is 67.1 cm³/mol. The van der Waals surface area contributed by atoms with Gasteiger partial charge in [0.2, 0.25) is 0 Å². The lowest BCUT2D eigenvalue weighted by molar-refractivity contribution is 0.0680. The predicted octanol–water partition coefficient (Wildman–Crippen LogP) is 2.57. The summed E-state index contributed by atoms with van der Waals surface area (Å²) in [4.78, 5) is 14.1. The van der Waals surface area contributed by atoms with E-state index in [4.69, 9.17) is 0 Å². The van der Waals surface area contributed by atoms with Gasteiger partial charge in [-0.2, -0.15) is 0 Å². The van der Waals surface area contributed by atoms with Gasteiger partial charge in [-0.25, -0.2) is 0 Å². The molecule has 3 heteroatoms. The second kappa shape index (κ2) is 4.78. The molecule has 1 saturated heterocycles. The first-order chi connectivity index (χ1) is 8.09. The monoisotopic (exact) mass is 233 g/mol. The molecule has 1 amide bonds. The molecule has 0 bridgehead atoms. The number of phenols is 1. The summed E-state index contributed by atoms with van der Waals surface area (Å²) in [5.41, 5.74) is 1.18. The number of phenolic OH excluding ortho intramolecular Hbond substituents is 1. The molecule has 0 radical (unpaired) electrons. The summed E-state index contributed by atoms with van der Waals surface area (Å²) in [5.74, 6) is 0.633. The van der Waals surface area contributed by atoms with Gasteiger partial charge in [0.05, 0.1) is 5.56 Å². The van der Waals surface area contributed by atoms with Crippen molar-refractivity contribution in [3.63, 3.8) is 0 Å². The summed E-state index contributed by atoms with van der Waals surface area (Å²) in [6.07, 6.45) is 2.24. The third-order valence-electron chi connectivity index (χ3n) is 3.41. The fourth-order valence-electron chi connectivity index (χ4n) is 2.38. The number of benzene rings is 1. The van der Waals surface area contributed by atoms with E-state index >= 15 is 0 Å². The number of hydrogen-bond acceptors (Lipinski definition) is 2. The fraction of sp³-hybridized carbons (Fsp3) is 0.500. The highest BCUT2D eigenvalue weighted by Crippen LogP contribution is 2.25. The van der Waals surface area contributed by atoms with E-state index in [1.54, 1.807) is 6.07 Å². The maximum Gasteiger partial charge on any atom is 0.257 e. The van der Waals surface area contributed by atoms with Gasteiger partial charge in [0.15, 0.2) is 0 Å². The van der Waals surface area contributed by atoms with E-state index in [-0.39, 0.29) is 11.7 Å². The Labute approximate surface area is 102 Å². The first-order valence-corrected chi connectivity index (χ1v) is 6.17. The molecule has 2 rings (SSSR count). The SMILES string of the molecule is Cc1cccc(C(=O)N2CCCC(C)C2)c1O. The molecule has 1 N–H and O–H groups in total. The molecule has 0 saturated carbocycles. The number of aryl methyl sites for hydroxylation is 1. The van der Waals surface area contributed by atoms with Crippen molar-refractivity contribution in [2.75, 3.05) is 13.1 Å². The zero-order valence-corrected chi connectivity index (χ0v) is 10.4. The normalized spacial score (nSPS) is 20.4. The molecule has 17 heavy (non-hydrogen) atoms. The number of aromatic hydroxyl groups is 1. The van der Waals surface area contributed by atoms with Gasteiger partial charge in [0.25, 0.3) is 5.91 Å². The quantitative estimate of drug-likeness (QED) is 0.810. The molecular formula is C14H19NO2. The van der Waals surface area contributed by atoms with Crippen LogP contribution in [0.5, 0.6) is 5.75 Å². The summed E-state index contributed by atoms with van der Waals surface area (Å²) in [5, 5.41) is 9.92. The maximum absolute atomic E-state index is 12.3. The number of carbonyl (C=O) groups excluding carboxylic acids is 1. The highest BCUT2D eigenvalue weighted by Gasteiger charge is 2.24. The van der Waals surface area contributed by atoms with Crippen LogP contribution in [-0.4, -0.2) is 29.0 Å². The third kappa shape index (κ3) is 2.43. The van der Waals surface area contributed by atoms with E-state index in [1.807, 2.05) is 24.0 Å². The molecule has 1 aliphatic rings. The highest BCUT2D eigenvalue weighted by atomic mass is 16.3. The molecule has 1 aromatic carbocycles. The van der Waals surface area contributed by atoms with Gasteiger partial charge in [-0.15, -0.1) is 0 Å². The van der Waals surface area contributed by atoms with Crippen LogP contribution < -0.4 is 0 Å². The Morgan fingerprint density at radius 2 is 2.24 bits per heavy atom. The fourth-order valence-corrected chi connectivity index (χ4v) is 2.38. The van der Waals surface area contributed by atoms with Crippen molar-refractivity contribution in [2.45, 2.75) is 26.7 Å². The van der Waals surface area contributed by atoms with E-state index in [0.717, 1.165) is 25.1 Å². The third-order valence-corrected chi connectivity index (χ3v) is 3.41. The van der Waals surface area contributed by atoms with E-state index < -0.39 is 0 Å². The highest BCUT2D eigenvalue weighted by molar-refractivity contribution is 5.97. The summed E-state index contributed by atoms with van der Waals surface area (Å²) < 4.78 is 0. The Bertz CT molecular complexity index is 428. The van der Waals surface area contributed by atoms with Gasteiger partial charge in [0.1, 0.15) is 5.75 Å². The van der Waals surface area contributed by atoms with Crippen LogP contribution in [-0.2, 0) is 0 Å². The Morgan fingerprint density at radius 3 is 2.94 bits per heavy atom. The molecule has 0 spiro atoms. The largest absolute Gasteiger partial charge is 0.507 e. The first-order valence-electron chi connectivity index (χ1n) is 6.17. The van der Waals surface area contributed by atoms with Gasteiger partial charge >= 0.3 is 0 Å². The second-order valence-electron chi connectivity index (χ2n) is 4.97. The van der Waals surface area contributed by atoms with E-state index in [1.165, 1.54) is 6.42 Å². The Hall–Kier alpha value is -1.51. The number of hydrogen-bond donors (Lipinski definition) is 1. The number of para-hydroxylation sites is 1. The zero-order chi connectivity index (χ0) is 12.4. The lowest BCUT2D eigenvalue weighted by Gasteiger charge is -2.31. The van der Waals surface area contributed by atoms with Crippen molar-refractivity contribution in [1.29, 1.82) is 0 Å². The van der Waals surface area contributed by atoms with Crippen molar-refractivity contribution in [3.05, 3.63) is 29.3 Å². The smallest absolute Gasteiger partial charge is 0.257 e. The minimum Gasteiger partial charge on any atom is -0.507 e. The van der Waals surface area contributed by atoms with Crippen LogP contribution in [0.1, 0.15) is 35.7 Å². The molecule has 1 fully saturated rings. The van der Waals surface area contributed by atoms with Gasteiger partial charge in [-0.1, -0.05) is 19.1 Å². The van der Waals surface area contributed by atoms with E-state index in [0.29, 0.717) is 11.5 Å². The van der Waals surface area contributed by atoms with Crippen molar-refractivity contribution in [2.24, 2.45) is 5.92 Å². The average molecular weight is 233 g/mol. The standard InChI is InChI=1S/C14H19NO2/c1-10-5-4-8-15(9-10)14(17)12-7-3-6-11(2)13(12)16/h3,6-7,10,16H,4-5,8-9H2,1-2H3. The summed E-state index contributed by atoms with van der Waals surface area (Å²) in [6, 6.07) is 5.32. The van der Waals surface area contributed by atoms with Crippen LogP contribution >= 0.6 is 0 Å². The molecule has 0 aliphatic carbocycles. The van der Waals surface area contributed by atoms with Crippen LogP contribution in [0.4, 0.5) is 0 Å². The van der Waals surface area contributed by atoms with Gasteiger partial charge in [-0.05, 0) is 37.3 Å². The van der Waals surface area contributed by atoms with Crippen molar-refractivity contribution >= 4 is 5.91 Å². The van der Waals surface area contributed by atoms with Gasteiger partial charge < -0.3 is 10.0 Å². The van der Waals surface area contributed by atoms with Crippen LogP contribution in [0.2, 0.25) is 0 Å². The lowest BCUT2D eigenvalue weighted by atomic mass is 9.99. The molecule has 0 aromatic heterocycles. The molecule has 1 atom stereocenters. The minimum absolute atomic E-state index is 0.0437. The number of piperidine rings is 1. The molecule has 1 unspecified atom stereocenters. The zero-order valence-electron chi connectivity index (χ0n) is 10.4. The van der Waals surface area contributed by atoms with Crippen LogP contribution in [0, 0.1) is 12.8 Å². The lowest BCUT2D eigenvalue weighted by Crippen LogP contribution is -2.39. The topological polar surface area (TPSA) is 40.5 Å². The molecule has 1 heterocycles. The summed E-state index contributed by atoms with van der Waals surface area (Å²) in [6.45, 7) is 5.57. The number of nitrogens with zero attached hydrogens (tertiary/aromatic N) is 1. The number of amides is 1. The van der Waals surface area contributed by atoms with Gasteiger partial charge in [0, 0.05) is 13.1 Å². The number of likely N-dealkylation sites (tertiary alicyclic amines) is 1. The Morgan fingerprint density at radius 1 is 1.47 bits per heavy atom. The second-order valence-corrected chi connectivity index (χ2v) is 4.97. The molecule has 1 aliphatic heterocycles. The van der Waals surface area contributed by atoms with Crippen LogP contribution in [0.3, 0.4) is 0 Å². The van der Waals surface area contributed by atoms with E-state index in [9.17, 15) is 9.90 Å². The van der Waals surface area contributed by atoms with Crippen LogP contribution in [0.15, 0.2) is 18.2 Å². The summed E-state index contributed by atoms with van der Waals surface area (Å²) >= 11 is 0. The molecule has 92 valence electrons. The van der Waals surface area contributed by atoms with Crippen LogP contribution in [0.25, 0.3) is 0 Å². The Balaban J connectivity index is 2.22. The molecular weight excluding hydrogens is 214 g/mol. The van der Waals surface area contributed by atoms with Crippen molar-refractivity contribution in [1.82, 2.24) is 4.90 Å². The van der Waals surface area contributed by atoms with Crippen molar-refractivity contribution in [3.8, 4) is 5.75 Å². The van der Waals surface area contributed by atoms with E-state index in [2.05, 4.69) is 6.92 Å². The first kappa shape index (κ1) is 12.0. The number of rotatable bonds is 1. The number of carbonyl (C=O) groups is 1.